The van der Waals surface area contributed by atoms with E-state index >= 15 is 0 Å². The summed E-state index contributed by atoms with van der Waals surface area (Å²) in [5, 5.41) is 33.7. The van der Waals surface area contributed by atoms with Crippen molar-refractivity contribution in [3.05, 3.63) is 34.9 Å². The molecule has 2 aliphatic heterocycles. The lowest BCUT2D eigenvalue weighted by molar-refractivity contribution is -0.137. The summed E-state index contributed by atoms with van der Waals surface area (Å²) in [6.45, 7) is 4.29. The molecule has 2 amide bonds. The Bertz CT molecular complexity index is 1270. The number of likely N-dealkylation sites (N-methyl/N-ethyl adjacent to an activating group) is 1. The first-order chi connectivity index (χ1) is 19.6. The summed E-state index contributed by atoms with van der Waals surface area (Å²) in [7, 11) is 5.26. The standard InChI is InChI=1S/C29H40B2N4O6/c1-33(21-9-10-22(37)32-29(21)41)16-20-18(7-5-8-19(20)17-36)6-3-2-4-11-34-12-14-35(15-13-34)25-26(38)23(30)24(31)27(39)28(25)40/h5,7-8,17,21,38-40H,2-4,6,9-16,30-31H2,1H3,(H,32,37,41). The number of anilines is 1. The van der Waals surface area contributed by atoms with Crippen molar-refractivity contribution in [2.24, 2.45) is 0 Å². The Kier molecular flexibility index (Phi) is 9.99. The van der Waals surface area contributed by atoms with Crippen LogP contribution in [-0.2, 0) is 22.6 Å². The zero-order valence-electron chi connectivity index (χ0n) is 24.3. The highest BCUT2D eigenvalue weighted by Gasteiger charge is 2.30. The molecule has 2 fully saturated rings. The maximum atomic E-state index is 12.3. The Labute approximate surface area is 243 Å². The number of hydrogen-bond donors (Lipinski definition) is 4. The lowest BCUT2D eigenvalue weighted by atomic mass is 9.78. The number of imide groups is 1. The summed E-state index contributed by atoms with van der Waals surface area (Å²) in [6.07, 6.45) is 5.53. The number of phenols is 3. The second kappa shape index (κ2) is 13.4. The third-order valence-electron chi connectivity index (χ3n) is 8.64. The normalized spacial score (nSPS) is 18.1. The predicted molar refractivity (Wildman–Crippen MR) is 163 cm³/mol. The first kappa shape index (κ1) is 30.5. The van der Waals surface area contributed by atoms with Crippen molar-refractivity contribution < 1.29 is 29.7 Å². The Morgan fingerprint density at radius 2 is 1.71 bits per heavy atom. The van der Waals surface area contributed by atoms with Gasteiger partial charge in [0.25, 0.3) is 0 Å². The van der Waals surface area contributed by atoms with Crippen LogP contribution in [0.4, 0.5) is 5.69 Å². The highest BCUT2D eigenvalue weighted by Crippen LogP contribution is 2.40. The van der Waals surface area contributed by atoms with Gasteiger partial charge in [-0.2, -0.15) is 0 Å². The van der Waals surface area contributed by atoms with Gasteiger partial charge in [0.05, 0.1) is 6.04 Å². The Hall–Kier alpha value is -3.50. The molecule has 0 aliphatic carbocycles. The molecule has 0 saturated carbocycles. The molecular formula is C29H40B2N4O6. The molecular weight excluding hydrogens is 522 g/mol. The number of nitrogens with one attached hydrogen (secondary N) is 1. The zero-order chi connectivity index (χ0) is 29.7. The van der Waals surface area contributed by atoms with Crippen LogP contribution < -0.4 is 21.1 Å². The lowest BCUT2D eigenvalue weighted by Crippen LogP contribution is -2.51. The Morgan fingerprint density at radius 1 is 1.00 bits per heavy atom. The van der Waals surface area contributed by atoms with Crippen molar-refractivity contribution in [3.8, 4) is 17.2 Å². The maximum Gasteiger partial charge on any atom is 0.243 e. The summed E-state index contributed by atoms with van der Waals surface area (Å²) in [6, 6.07) is 5.37. The Morgan fingerprint density at radius 3 is 2.39 bits per heavy atom. The fraction of sp³-hybridized carbons (Fsp3) is 0.483. The van der Waals surface area contributed by atoms with E-state index < -0.39 is 6.04 Å². The summed E-state index contributed by atoms with van der Waals surface area (Å²) in [5.74, 6) is -0.943. The van der Waals surface area contributed by atoms with Crippen LogP contribution in [0, 0.1) is 0 Å². The van der Waals surface area contributed by atoms with Gasteiger partial charge in [-0.25, -0.2) is 0 Å². The third-order valence-corrected chi connectivity index (χ3v) is 8.64. The topological polar surface area (TPSA) is 134 Å². The van der Waals surface area contributed by atoms with Crippen LogP contribution in [0.25, 0.3) is 0 Å². The van der Waals surface area contributed by atoms with Crippen LogP contribution in [-0.4, -0.2) is 105 Å². The molecule has 0 spiro atoms. The number of carbonyl (C=O) groups excluding carboxylic acids is 3. The van der Waals surface area contributed by atoms with Crippen molar-refractivity contribution >= 4 is 50.4 Å². The molecule has 0 radical (unpaired) electrons. The molecule has 10 nitrogen and oxygen atoms in total. The van der Waals surface area contributed by atoms with Gasteiger partial charge in [0, 0.05) is 44.7 Å². The van der Waals surface area contributed by atoms with Crippen molar-refractivity contribution in [1.29, 1.82) is 0 Å². The van der Waals surface area contributed by atoms with Gasteiger partial charge >= 0.3 is 0 Å². The number of aromatic hydroxyl groups is 3. The van der Waals surface area contributed by atoms with Gasteiger partial charge < -0.3 is 20.2 Å². The molecule has 0 bridgehead atoms. The molecule has 41 heavy (non-hydrogen) atoms. The number of piperidine rings is 1. The fourth-order valence-corrected chi connectivity index (χ4v) is 5.91. The van der Waals surface area contributed by atoms with Crippen molar-refractivity contribution in [3.63, 3.8) is 0 Å². The number of aldehydes is 1. The van der Waals surface area contributed by atoms with Gasteiger partial charge in [0.2, 0.25) is 11.8 Å². The number of rotatable bonds is 11. The van der Waals surface area contributed by atoms with Crippen LogP contribution >= 0.6 is 0 Å². The first-order valence-corrected chi connectivity index (χ1v) is 14.4. The van der Waals surface area contributed by atoms with Crippen LogP contribution in [0.5, 0.6) is 17.2 Å². The minimum Gasteiger partial charge on any atom is -0.506 e. The number of aryl methyl sites for hydroxylation is 1. The molecule has 12 heteroatoms. The summed E-state index contributed by atoms with van der Waals surface area (Å²) < 4.78 is 0. The molecule has 2 saturated heterocycles. The fourth-order valence-electron chi connectivity index (χ4n) is 5.91. The average molecular weight is 562 g/mol. The van der Waals surface area contributed by atoms with Gasteiger partial charge in [-0.1, -0.05) is 24.6 Å². The van der Waals surface area contributed by atoms with E-state index in [-0.39, 0.29) is 29.1 Å². The molecule has 218 valence electrons. The van der Waals surface area contributed by atoms with Gasteiger partial charge in [0.1, 0.15) is 33.4 Å². The van der Waals surface area contributed by atoms with Gasteiger partial charge in [-0.3, -0.25) is 29.5 Å². The second-order valence-corrected chi connectivity index (χ2v) is 11.3. The molecule has 4 N–H and O–H groups in total. The lowest BCUT2D eigenvalue weighted by Gasteiger charge is -2.37. The van der Waals surface area contributed by atoms with Crippen LogP contribution in [0.3, 0.4) is 0 Å². The number of benzene rings is 2. The summed E-state index contributed by atoms with van der Waals surface area (Å²) >= 11 is 0. The zero-order valence-corrected chi connectivity index (χ0v) is 24.3. The Balaban J connectivity index is 1.26. The molecule has 2 aromatic rings. The molecule has 2 aliphatic rings. The van der Waals surface area contributed by atoms with Gasteiger partial charge in [0.15, 0.2) is 11.5 Å². The number of hydrogen-bond acceptors (Lipinski definition) is 9. The minimum absolute atomic E-state index is 0.0209. The second-order valence-electron chi connectivity index (χ2n) is 11.3. The molecule has 1 unspecified atom stereocenters. The number of piperazine rings is 1. The van der Waals surface area contributed by atoms with Crippen LogP contribution in [0.15, 0.2) is 18.2 Å². The van der Waals surface area contributed by atoms with E-state index in [1.807, 2.05) is 29.0 Å². The quantitative estimate of drug-likeness (QED) is 0.0674. The van der Waals surface area contributed by atoms with Crippen molar-refractivity contribution in [1.82, 2.24) is 15.1 Å². The average Bonchev–Trinajstić information content (AvgIpc) is 2.96. The van der Waals surface area contributed by atoms with Gasteiger partial charge in [-0.05, 0) is 61.3 Å². The summed E-state index contributed by atoms with van der Waals surface area (Å²) in [5.41, 5.74) is 4.04. The van der Waals surface area contributed by atoms with Crippen molar-refractivity contribution in [2.75, 3.05) is 44.7 Å². The SMILES string of the molecule is Bc1c(B)c(O)c(N2CCN(CCCCCc3cccc(C=O)c3CN(C)C3CCC(=O)NC3=O)CC2)c(O)c1O. The van der Waals surface area contributed by atoms with Crippen LogP contribution in [0.2, 0.25) is 0 Å². The predicted octanol–water partition coefficient (Wildman–Crippen LogP) is -1.10. The van der Waals surface area contributed by atoms with E-state index in [0.717, 1.165) is 62.7 Å². The smallest absolute Gasteiger partial charge is 0.243 e. The van der Waals surface area contributed by atoms with Gasteiger partial charge in [-0.15, -0.1) is 0 Å². The number of amides is 2. The van der Waals surface area contributed by atoms with E-state index in [1.165, 1.54) is 0 Å². The molecule has 2 heterocycles. The molecule has 2 aromatic carbocycles. The summed E-state index contributed by atoms with van der Waals surface area (Å²) in [4.78, 5) is 41.9. The van der Waals surface area contributed by atoms with E-state index in [4.69, 9.17) is 0 Å². The highest BCUT2D eigenvalue weighted by molar-refractivity contribution is 6.51. The van der Waals surface area contributed by atoms with Crippen molar-refractivity contribution in [2.45, 2.75) is 51.1 Å². The number of unbranched alkanes of at least 4 members (excludes halogenated alkanes) is 2. The highest BCUT2D eigenvalue weighted by atomic mass is 16.3. The van der Waals surface area contributed by atoms with E-state index in [2.05, 4.69) is 16.3 Å². The van der Waals surface area contributed by atoms with Crippen LogP contribution in [0.1, 0.15) is 53.6 Å². The number of phenolic OH excluding ortho intramolecular Hbond substituents is 3. The number of carbonyl (C=O) groups is 3. The molecule has 1 atom stereocenters. The van der Waals surface area contributed by atoms with E-state index in [0.29, 0.717) is 54.7 Å². The largest absolute Gasteiger partial charge is 0.506 e. The van der Waals surface area contributed by atoms with E-state index in [1.54, 1.807) is 15.7 Å². The molecule has 4 rings (SSSR count). The third kappa shape index (κ3) is 6.87. The molecule has 0 aromatic heterocycles. The number of nitrogens with zero attached hydrogens (tertiary/aromatic N) is 3. The van der Waals surface area contributed by atoms with E-state index in [9.17, 15) is 29.7 Å². The minimum atomic E-state index is -0.394. The maximum absolute atomic E-state index is 12.3. The first-order valence-electron chi connectivity index (χ1n) is 14.4. The monoisotopic (exact) mass is 562 g/mol.